The smallest absolute Gasteiger partial charge is 0.262 e. The summed E-state index contributed by atoms with van der Waals surface area (Å²) in [6.07, 6.45) is 8.75. The van der Waals surface area contributed by atoms with E-state index in [0.717, 1.165) is 95.5 Å². The normalized spacial score (nSPS) is 22.0. The minimum atomic E-state index is -0.964. The number of H-pyrrole nitrogens is 1. The number of aromatic amines is 1. The molecule has 13 nitrogen and oxygen atoms in total. The standard InChI is InChI=1S/C40H39N7O6/c48-36-8-7-35(38(49)44-36)47-39(50)30-6-4-26(19-31(30)40(47)51)46-15-13-45(14-16-46)12-1-17-52-27-20-28(21-27)53-37-9-3-25(22-42-37)24-2-5-29-32-23-41-11-10-33(32)43-34(29)18-24/h2-6,9-11,18-19,22-23,27-28,35,43H,1,7-8,12-17,20-21H2,(H,44,48,49). The molecule has 2 N–H and O–H groups in total. The number of rotatable bonds is 10. The van der Waals surface area contributed by atoms with Gasteiger partial charge in [0.2, 0.25) is 17.7 Å². The van der Waals surface area contributed by atoms with E-state index in [4.69, 9.17) is 9.47 Å². The number of carbonyl (C=O) groups is 4. The average molecular weight is 714 g/mol. The fourth-order valence-corrected chi connectivity index (χ4v) is 7.89. The Morgan fingerprint density at radius 1 is 0.792 bits per heavy atom. The zero-order valence-corrected chi connectivity index (χ0v) is 29.1. The number of benzene rings is 2. The lowest BCUT2D eigenvalue weighted by Gasteiger charge is -2.37. The Labute approximate surface area is 305 Å². The lowest BCUT2D eigenvalue weighted by Crippen LogP contribution is -2.54. The van der Waals surface area contributed by atoms with Crippen LogP contribution in [0.3, 0.4) is 0 Å². The second-order valence-electron chi connectivity index (χ2n) is 14.3. The van der Waals surface area contributed by atoms with Gasteiger partial charge in [-0.3, -0.25) is 39.3 Å². The van der Waals surface area contributed by atoms with E-state index in [1.807, 2.05) is 36.7 Å². The van der Waals surface area contributed by atoms with E-state index in [2.05, 4.69) is 48.3 Å². The van der Waals surface area contributed by atoms with Gasteiger partial charge in [0.05, 0.1) is 17.2 Å². The summed E-state index contributed by atoms with van der Waals surface area (Å²) in [6, 6.07) is 16.7. The Bertz CT molecular complexity index is 2240. The van der Waals surface area contributed by atoms with Crippen molar-refractivity contribution < 1.29 is 28.7 Å². The van der Waals surface area contributed by atoms with Gasteiger partial charge in [-0.05, 0) is 54.8 Å². The van der Waals surface area contributed by atoms with Crippen LogP contribution in [0.4, 0.5) is 5.69 Å². The van der Waals surface area contributed by atoms with E-state index in [0.29, 0.717) is 23.6 Å². The van der Waals surface area contributed by atoms with Crippen molar-refractivity contribution in [2.24, 2.45) is 0 Å². The number of pyridine rings is 2. The lowest BCUT2D eigenvalue weighted by molar-refractivity contribution is -0.136. The highest BCUT2D eigenvalue weighted by atomic mass is 16.5. The van der Waals surface area contributed by atoms with Gasteiger partial charge < -0.3 is 19.4 Å². The SMILES string of the molecule is O=C1CCC(N2C(=O)c3ccc(N4CCN(CCCOC5CC(Oc6ccc(-c7ccc8c(c7)[nH]c7ccncc78)cn6)C5)CC4)cc3C2=O)C(=O)N1. The number of aromatic nitrogens is 3. The molecule has 0 radical (unpaired) electrons. The molecule has 53 heavy (non-hydrogen) atoms. The van der Waals surface area contributed by atoms with Crippen LogP contribution < -0.4 is 15.0 Å². The number of piperazine rings is 1. The molecule has 4 aliphatic rings. The van der Waals surface area contributed by atoms with Gasteiger partial charge >= 0.3 is 0 Å². The molecule has 0 spiro atoms. The number of ether oxygens (including phenoxy) is 2. The van der Waals surface area contributed by atoms with Crippen LogP contribution in [0.15, 0.2) is 73.2 Å². The largest absolute Gasteiger partial charge is 0.474 e. The predicted octanol–water partition coefficient (Wildman–Crippen LogP) is 4.32. The average Bonchev–Trinajstić information content (AvgIpc) is 3.65. The summed E-state index contributed by atoms with van der Waals surface area (Å²) in [7, 11) is 0. The number of nitrogens with zero attached hydrogens (tertiary/aromatic N) is 5. The Balaban J connectivity index is 0.689. The first-order chi connectivity index (χ1) is 25.9. The summed E-state index contributed by atoms with van der Waals surface area (Å²) in [4.78, 5) is 68.2. The summed E-state index contributed by atoms with van der Waals surface area (Å²) in [6.45, 7) is 5.00. The van der Waals surface area contributed by atoms with Crippen molar-refractivity contribution in [1.29, 1.82) is 0 Å². The first-order valence-electron chi connectivity index (χ1n) is 18.3. The van der Waals surface area contributed by atoms with Crippen molar-refractivity contribution in [3.05, 3.63) is 84.3 Å². The molecule has 0 bridgehead atoms. The monoisotopic (exact) mass is 713 g/mol. The minimum Gasteiger partial charge on any atom is -0.474 e. The van der Waals surface area contributed by atoms with Crippen LogP contribution in [0.2, 0.25) is 0 Å². The van der Waals surface area contributed by atoms with Crippen molar-refractivity contribution in [1.82, 2.24) is 30.1 Å². The molecule has 1 saturated carbocycles. The molecule has 270 valence electrons. The fourth-order valence-electron chi connectivity index (χ4n) is 7.89. The number of fused-ring (bicyclic) bond motifs is 4. The molecular formula is C40H39N7O6. The molecule has 1 atom stereocenters. The van der Waals surface area contributed by atoms with Crippen molar-refractivity contribution in [3.63, 3.8) is 0 Å². The number of amides is 4. The summed E-state index contributed by atoms with van der Waals surface area (Å²) >= 11 is 0. The number of nitrogens with one attached hydrogen (secondary N) is 2. The highest BCUT2D eigenvalue weighted by Crippen LogP contribution is 2.33. The van der Waals surface area contributed by atoms with Crippen molar-refractivity contribution in [2.75, 3.05) is 44.2 Å². The fraction of sp³-hybridized carbons (Fsp3) is 0.350. The number of hydrogen-bond acceptors (Lipinski definition) is 10. The molecule has 2 aromatic carbocycles. The van der Waals surface area contributed by atoms with Gasteiger partial charge in [0, 0.05) is 116 Å². The predicted molar refractivity (Wildman–Crippen MR) is 197 cm³/mol. The Morgan fingerprint density at radius 3 is 2.43 bits per heavy atom. The van der Waals surface area contributed by atoms with Crippen LogP contribution in [-0.4, -0.2) is 106 Å². The number of imide groups is 2. The molecule has 5 aromatic rings. The zero-order chi connectivity index (χ0) is 36.1. The molecule has 9 rings (SSSR count). The summed E-state index contributed by atoms with van der Waals surface area (Å²) in [5.41, 5.74) is 5.76. The second-order valence-corrected chi connectivity index (χ2v) is 14.3. The molecule has 2 saturated heterocycles. The molecule has 1 aliphatic carbocycles. The number of anilines is 1. The van der Waals surface area contributed by atoms with E-state index in [9.17, 15) is 19.2 Å². The summed E-state index contributed by atoms with van der Waals surface area (Å²) in [5.74, 6) is -1.33. The quantitative estimate of drug-likeness (QED) is 0.158. The highest BCUT2D eigenvalue weighted by Gasteiger charge is 2.45. The van der Waals surface area contributed by atoms with Crippen LogP contribution in [0.5, 0.6) is 5.88 Å². The molecule has 3 aliphatic heterocycles. The molecule has 1 unspecified atom stereocenters. The molecule has 4 amide bonds. The zero-order valence-electron chi connectivity index (χ0n) is 29.1. The van der Waals surface area contributed by atoms with Crippen molar-refractivity contribution >= 4 is 51.1 Å². The molecule has 3 aromatic heterocycles. The van der Waals surface area contributed by atoms with Crippen LogP contribution in [0.25, 0.3) is 32.9 Å². The molecular weight excluding hydrogens is 674 g/mol. The van der Waals surface area contributed by atoms with Gasteiger partial charge in [-0.25, -0.2) is 4.98 Å². The number of carbonyl (C=O) groups excluding carboxylic acids is 4. The molecule has 13 heteroatoms. The maximum atomic E-state index is 13.2. The maximum absolute atomic E-state index is 13.2. The molecule has 3 fully saturated rings. The summed E-state index contributed by atoms with van der Waals surface area (Å²) in [5, 5.41) is 4.51. The highest BCUT2D eigenvalue weighted by molar-refractivity contribution is 6.23. The van der Waals surface area contributed by atoms with Gasteiger partial charge in [0.25, 0.3) is 11.8 Å². The van der Waals surface area contributed by atoms with Gasteiger partial charge in [0.1, 0.15) is 12.1 Å². The van der Waals surface area contributed by atoms with Crippen LogP contribution in [0, 0.1) is 0 Å². The van der Waals surface area contributed by atoms with E-state index in [1.54, 1.807) is 18.3 Å². The Morgan fingerprint density at radius 2 is 1.62 bits per heavy atom. The Kier molecular flexibility index (Phi) is 8.59. The number of piperidine rings is 1. The van der Waals surface area contributed by atoms with Crippen LogP contribution >= 0.6 is 0 Å². The maximum Gasteiger partial charge on any atom is 0.262 e. The summed E-state index contributed by atoms with van der Waals surface area (Å²) < 4.78 is 12.3. The first-order valence-corrected chi connectivity index (χ1v) is 18.3. The van der Waals surface area contributed by atoms with Crippen molar-refractivity contribution in [2.45, 2.75) is 50.4 Å². The lowest BCUT2D eigenvalue weighted by atomic mass is 9.92. The van der Waals surface area contributed by atoms with Crippen molar-refractivity contribution in [3.8, 4) is 17.0 Å². The van der Waals surface area contributed by atoms with Gasteiger partial charge in [-0.15, -0.1) is 0 Å². The van der Waals surface area contributed by atoms with Gasteiger partial charge in [-0.2, -0.15) is 0 Å². The van der Waals surface area contributed by atoms with Gasteiger partial charge in [-0.1, -0.05) is 12.1 Å². The third-order valence-corrected chi connectivity index (χ3v) is 10.9. The van der Waals surface area contributed by atoms with Gasteiger partial charge in [0.15, 0.2) is 0 Å². The molecule has 6 heterocycles. The van der Waals surface area contributed by atoms with E-state index >= 15 is 0 Å². The Hall–Kier alpha value is -5.66. The third kappa shape index (κ3) is 6.40. The third-order valence-electron chi connectivity index (χ3n) is 10.9. The van der Waals surface area contributed by atoms with E-state index < -0.39 is 23.8 Å². The first kappa shape index (κ1) is 33.2. The van der Waals surface area contributed by atoms with E-state index in [-0.39, 0.29) is 31.0 Å². The van der Waals surface area contributed by atoms with E-state index in [1.165, 1.54) is 0 Å². The number of hydrogen-bond donors (Lipinski definition) is 2. The van der Waals surface area contributed by atoms with Crippen LogP contribution in [-0.2, 0) is 14.3 Å². The van der Waals surface area contributed by atoms with Crippen LogP contribution in [0.1, 0.15) is 52.8 Å². The second kappa shape index (κ2) is 13.7. The topological polar surface area (TPSA) is 150 Å². The minimum absolute atomic E-state index is 0.0981.